The number of hydrogen-bond acceptors (Lipinski definition) is 2. The summed E-state index contributed by atoms with van der Waals surface area (Å²) in [5, 5.41) is 3.16. The molecule has 1 aromatic carbocycles. The van der Waals surface area contributed by atoms with Crippen molar-refractivity contribution in [1.82, 2.24) is 5.32 Å². The fourth-order valence-corrected chi connectivity index (χ4v) is 1.39. The summed E-state index contributed by atoms with van der Waals surface area (Å²) in [7, 11) is 0. The lowest BCUT2D eigenvalue weighted by atomic mass is 10.1. The molecule has 0 aliphatic rings. The maximum absolute atomic E-state index is 13.2. The Morgan fingerprint density at radius 3 is 2.69 bits per heavy atom. The summed E-state index contributed by atoms with van der Waals surface area (Å²) in [4.78, 5) is 11.7. The largest absolute Gasteiger partial charge is 0.314 e. The van der Waals surface area contributed by atoms with Crippen molar-refractivity contribution in [3.63, 3.8) is 0 Å². The lowest BCUT2D eigenvalue weighted by Gasteiger charge is -2.07. The first kappa shape index (κ1) is 12.8. The minimum atomic E-state index is -0.317. The van der Waals surface area contributed by atoms with Crippen LogP contribution in [0.2, 0.25) is 0 Å². The van der Waals surface area contributed by atoms with Crippen LogP contribution >= 0.6 is 0 Å². The lowest BCUT2D eigenvalue weighted by Crippen LogP contribution is -2.25. The lowest BCUT2D eigenvalue weighted by molar-refractivity contribution is 0.0981. The van der Waals surface area contributed by atoms with Gasteiger partial charge in [-0.1, -0.05) is 26.0 Å². The first-order chi connectivity index (χ1) is 7.50. The van der Waals surface area contributed by atoms with Gasteiger partial charge < -0.3 is 5.32 Å². The highest BCUT2D eigenvalue weighted by atomic mass is 19.1. The van der Waals surface area contributed by atoms with Gasteiger partial charge in [0.05, 0.1) is 0 Å². The molecule has 1 aromatic rings. The van der Waals surface area contributed by atoms with Crippen molar-refractivity contribution >= 4 is 5.78 Å². The van der Waals surface area contributed by atoms with Gasteiger partial charge in [-0.15, -0.1) is 0 Å². The Balaban J connectivity index is 2.56. The maximum Gasteiger partial charge on any atom is 0.164 e. The molecule has 0 spiro atoms. The summed E-state index contributed by atoms with van der Waals surface area (Å²) in [5.74, 6) is -0.338. The highest BCUT2D eigenvalue weighted by Crippen LogP contribution is 2.10. The fourth-order valence-electron chi connectivity index (χ4n) is 1.39. The zero-order valence-electron chi connectivity index (χ0n) is 10.0. The Bertz CT molecular complexity index is 374. The van der Waals surface area contributed by atoms with Gasteiger partial charge >= 0.3 is 0 Å². The van der Waals surface area contributed by atoms with Gasteiger partial charge in [-0.2, -0.15) is 0 Å². The van der Waals surface area contributed by atoms with E-state index in [1.807, 2.05) is 13.8 Å². The molecule has 0 aliphatic carbocycles. The molecule has 2 nitrogen and oxygen atoms in total. The van der Waals surface area contributed by atoms with Crippen molar-refractivity contribution in [2.24, 2.45) is 0 Å². The van der Waals surface area contributed by atoms with Gasteiger partial charge in [0.1, 0.15) is 5.82 Å². The van der Waals surface area contributed by atoms with Crippen molar-refractivity contribution in [3.8, 4) is 0 Å². The van der Waals surface area contributed by atoms with E-state index in [1.54, 1.807) is 19.1 Å². The Morgan fingerprint density at radius 2 is 2.12 bits per heavy atom. The van der Waals surface area contributed by atoms with Crippen LogP contribution < -0.4 is 5.32 Å². The van der Waals surface area contributed by atoms with Gasteiger partial charge in [0.25, 0.3) is 0 Å². The highest BCUT2D eigenvalue weighted by molar-refractivity contribution is 5.96. The molecular weight excluding hydrogens is 205 g/mol. The molecule has 0 amide bonds. The van der Waals surface area contributed by atoms with Crippen LogP contribution in [0.1, 0.15) is 36.2 Å². The average Bonchev–Trinajstić information content (AvgIpc) is 2.21. The second-order valence-corrected chi connectivity index (χ2v) is 4.25. The van der Waals surface area contributed by atoms with Crippen LogP contribution in [0.3, 0.4) is 0 Å². The van der Waals surface area contributed by atoms with Crippen molar-refractivity contribution in [3.05, 3.63) is 35.1 Å². The molecule has 3 heteroatoms. The van der Waals surface area contributed by atoms with Crippen LogP contribution in [0.4, 0.5) is 4.39 Å². The zero-order valence-corrected chi connectivity index (χ0v) is 10.0. The number of carbonyl (C=O) groups excluding carboxylic acids is 1. The Labute approximate surface area is 95.9 Å². The van der Waals surface area contributed by atoms with Gasteiger partial charge in [0.15, 0.2) is 5.78 Å². The second-order valence-electron chi connectivity index (χ2n) is 4.25. The highest BCUT2D eigenvalue weighted by Gasteiger charge is 2.08. The predicted molar refractivity (Wildman–Crippen MR) is 63.2 cm³/mol. The van der Waals surface area contributed by atoms with Crippen LogP contribution in [0, 0.1) is 12.7 Å². The van der Waals surface area contributed by atoms with Gasteiger partial charge in [0, 0.05) is 24.6 Å². The van der Waals surface area contributed by atoms with E-state index in [1.165, 1.54) is 6.07 Å². The minimum absolute atomic E-state index is 0.0212. The zero-order chi connectivity index (χ0) is 12.1. The van der Waals surface area contributed by atoms with Crippen molar-refractivity contribution in [2.75, 3.05) is 6.54 Å². The molecule has 16 heavy (non-hydrogen) atoms. The number of benzene rings is 1. The van der Waals surface area contributed by atoms with Crippen molar-refractivity contribution in [1.29, 1.82) is 0 Å². The molecule has 0 saturated carbocycles. The summed E-state index contributed by atoms with van der Waals surface area (Å²) in [6, 6.07) is 4.99. The first-order valence-electron chi connectivity index (χ1n) is 5.53. The number of carbonyl (C=O) groups is 1. The summed E-state index contributed by atoms with van der Waals surface area (Å²) >= 11 is 0. The smallest absolute Gasteiger partial charge is 0.164 e. The molecule has 0 aliphatic heterocycles. The number of aryl methyl sites for hydroxylation is 1. The normalized spacial score (nSPS) is 10.8. The van der Waals surface area contributed by atoms with Crippen LogP contribution in [-0.2, 0) is 0 Å². The molecule has 0 bridgehead atoms. The van der Waals surface area contributed by atoms with E-state index in [9.17, 15) is 9.18 Å². The van der Waals surface area contributed by atoms with Crippen LogP contribution in [0.5, 0.6) is 0 Å². The number of halogens is 1. The van der Waals surface area contributed by atoms with E-state index in [2.05, 4.69) is 5.32 Å². The summed E-state index contributed by atoms with van der Waals surface area (Å²) in [5.41, 5.74) is 1.02. The minimum Gasteiger partial charge on any atom is -0.314 e. The van der Waals surface area contributed by atoms with E-state index >= 15 is 0 Å². The first-order valence-corrected chi connectivity index (χ1v) is 5.53. The number of nitrogens with one attached hydrogen (secondary N) is 1. The third-order valence-electron chi connectivity index (χ3n) is 2.40. The topological polar surface area (TPSA) is 29.1 Å². The number of hydrogen-bond donors (Lipinski definition) is 1. The standard InChI is InChI=1S/C13H18FNO/c1-9(2)15-7-6-13(16)11-5-4-10(3)12(14)8-11/h4-5,8-9,15H,6-7H2,1-3H3. The van der Waals surface area contributed by atoms with E-state index in [-0.39, 0.29) is 11.6 Å². The molecule has 0 aromatic heterocycles. The number of rotatable bonds is 5. The molecule has 0 fully saturated rings. The van der Waals surface area contributed by atoms with Crippen LogP contribution in [0.25, 0.3) is 0 Å². The van der Waals surface area contributed by atoms with E-state index in [4.69, 9.17) is 0 Å². The third-order valence-corrected chi connectivity index (χ3v) is 2.40. The maximum atomic E-state index is 13.2. The summed E-state index contributed by atoms with van der Waals surface area (Å²) < 4.78 is 13.2. The van der Waals surface area contributed by atoms with Crippen molar-refractivity contribution in [2.45, 2.75) is 33.2 Å². The van der Waals surface area contributed by atoms with Gasteiger partial charge in [-0.05, 0) is 18.6 Å². The average molecular weight is 223 g/mol. The molecule has 0 unspecified atom stereocenters. The quantitative estimate of drug-likeness (QED) is 0.778. The third kappa shape index (κ3) is 3.74. The van der Waals surface area contributed by atoms with Crippen LogP contribution in [-0.4, -0.2) is 18.4 Å². The molecule has 0 radical (unpaired) electrons. The summed E-state index contributed by atoms with van der Waals surface area (Å²) in [6.45, 7) is 6.36. The number of ketones is 1. The van der Waals surface area contributed by atoms with Crippen molar-refractivity contribution < 1.29 is 9.18 Å². The SMILES string of the molecule is Cc1ccc(C(=O)CCNC(C)C)cc1F. The molecular formula is C13H18FNO. The number of Topliss-reactive ketones (excluding diaryl/α,β-unsaturated/α-hetero) is 1. The molecule has 88 valence electrons. The van der Waals surface area contributed by atoms with Gasteiger partial charge in [-0.3, -0.25) is 4.79 Å². The summed E-state index contributed by atoms with van der Waals surface area (Å²) in [6.07, 6.45) is 0.403. The Kier molecular flexibility index (Phi) is 4.62. The predicted octanol–water partition coefficient (Wildman–Crippen LogP) is 2.70. The molecule has 1 N–H and O–H groups in total. The molecule has 0 atom stereocenters. The van der Waals surface area contributed by atoms with E-state index in [0.717, 1.165) is 0 Å². The van der Waals surface area contributed by atoms with E-state index in [0.29, 0.717) is 30.1 Å². The van der Waals surface area contributed by atoms with E-state index < -0.39 is 0 Å². The second kappa shape index (κ2) is 5.75. The van der Waals surface area contributed by atoms with Gasteiger partial charge in [0.2, 0.25) is 0 Å². The molecule has 1 rings (SSSR count). The molecule has 0 heterocycles. The molecule has 0 saturated heterocycles. The Hall–Kier alpha value is -1.22. The fraction of sp³-hybridized carbons (Fsp3) is 0.462. The Morgan fingerprint density at radius 1 is 1.44 bits per heavy atom. The van der Waals surface area contributed by atoms with Crippen LogP contribution in [0.15, 0.2) is 18.2 Å². The monoisotopic (exact) mass is 223 g/mol. The van der Waals surface area contributed by atoms with Gasteiger partial charge in [-0.25, -0.2) is 4.39 Å².